The Kier molecular flexibility index (Phi) is 5.75. The zero-order valence-electron chi connectivity index (χ0n) is 9.52. The van der Waals surface area contributed by atoms with Gasteiger partial charge in [-0.1, -0.05) is 11.6 Å². The van der Waals surface area contributed by atoms with Crippen molar-refractivity contribution in [3.05, 3.63) is 27.7 Å². The summed E-state index contributed by atoms with van der Waals surface area (Å²) in [6.45, 7) is 0.765. The molecule has 0 aliphatic rings. The highest BCUT2D eigenvalue weighted by Gasteiger charge is 2.26. The van der Waals surface area contributed by atoms with Crippen LogP contribution in [-0.2, 0) is 0 Å². The molecule has 1 unspecified atom stereocenters. The van der Waals surface area contributed by atoms with Gasteiger partial charge in [-0.05, 0) is 41.1 Å². The van der Waals surface area contributed by atoms with Crippen molar-refractivity contribution < 1.29 is 17.9 Å². The fourth-order valence-electron chi connectivity index (χ4n) is 1.25. The summed E-state index contributed by atoms with van der Waals surface area (Å²) in [5, 5.41) is 2.84. The molecule has 102 valence electrons. The second-order valence-corrected chi connectivity index (χ2v) is 5.04. The minimum absolute atomic E-state index is 0.106. The molecule has 1 aromatic carbocycles. The number of alkyl halides is 3. The van der Waals surface area contributed by atoms with Crippen LogP contribution in [0.3, 0.4) is 0 Å². The third-order valence-electron chi connectivity index (χ3n) is 1.98. The van der Waals surface area contributed by atoms with Gasteiger partial charge in [0.2, 0.25) is 0 Å². The second kappa shape index (κ2) is 6.63. The summed E-state index contributed by atoms with van der Waals surface area (Å²) in [5.74, 6) is 0.542. The molecule has 0 spiro atoms. The van der Waals surface area contributed by atoms with Gasteiger partial charge in [0.05, 0.1) is 11.0 Å². The first-order valence-corrected chi connectivity index (χ1v) is 6.34. The minimum atomic E-state index is -4.21. The van der Waals surface area contributed by atoms with Crippen LogP contribution >= 0.6 is 27.5 Å². The predicted molar refractivity (Wildman–Crippen MR) is 68.2 cm³/mol. The van der Waals surface area contributed by atoms with E-state index in [2.05, 4.69) is 21.2 Å². The number of hydrogen-bond acceptors (Lipinski definition) is 2. The Balaban J connectivity index is 2.42. The molecule has 2 nitrogen and oxygen atoms in total. The van der Waals surface area contributed by atoms with Crippen molar-refractivity contribution in [2.24, 2.45) is 0 Å². The van der Waals surface area contributed by atoms with Crippen LogP contribution in [0.4, 0.5) is 13.2 Å². The summed E-state index contributed by atoms with van der Waals surface area (Å²) in [5.41, 5.74) is 0. The molecule has 0 aliphatic carbocycles. The first kappa shape index (κ1) is 15.6. The summed E-state index contributed by atoms with van der Waals surface area (Å²) >= 11 is 9.03. The molecule has 0 bridgehead atoms. The normalized spacial score (nSPS) is 13.4. The molecule has 0 amide bonds. The molecule has 0 radical (unpaired) electrons. The molecule has 1 N–H and O–H groups in total. The first-order chi connectivity index (χ1) is 8.28. The quantitative estimate of drug-likeness (QED) is 0.869. The fraction of sp³-hybridized carbons (Fsp3) is 0.455. The van der Waals surface area contributed by atoms with Crippen molar-refractivity contribution >= 4 is 27.5 Å². The summed E-state index contributed by atoms with van der Waals surface area (Å²) in [6, 6.07) is 4.97. The van der Waals surface area contributed by atoms with E-state index in [-0.39, 0.29) is 12.6 Å². The lowest BCUT2D eigenvalue weighted by atomic mass is 10.3. The lowest BCUT2D eigenvalue weighted by molar-refractivity contribution is -0.125. The van der Waals surface area contributed by atoms with Gasteiger partial charge in [0.25, 0.3) is 0 Å². The molecule has 0 fully saturated rings. The summed E-state index contributed by atoms with van der Waals surface area (Å²) in [4.78, 5) is 0. The van der Waals surface area contributed by atoms with Crippen LogP contribution in [0.2, 0.25) is 5.02 Å². The van der Waals surface area contributed by atoms with E-state index in [1.54, 1.807) is 25.1 Å². The van der Waals surface area contributed by atoms with Crippen LogP contribution in [0, 0.1) is 0 Å². The van der Waals surface area contributed by atoms with Gasteiger partial charge < -0.3 is 10.1 Å². The van der Waals surface area contributed by atoms with Gasteiger partial charge in [0.15, 0.2) is 0 Å². The first-order valence-electron chi connectivity index (χ1n) is 5.17. The molecule has 1 rings (SSSR count). The highest BCUT2D eigenvalue weighted by Crippen LogP contribution is 2.28. The maximum atomic E-state index is 11.9. The van der Waals surface area contributed by atoms with E-state index in [9.17, 15) is 13.2 Å². The SMILES string of the molecule is CC(CNCC(F)(F)F)Oc1ccc(Cl)cc1Br. The summed E-state index contributed by atoms with van der Waals surface area (Å²) in [6.07, 6.45) is -4.59. The fourth-order valence-corrected chi connectivity index (χ4v) is 2.02. The van der Waals surface area contributed by atoms with E-state index in [4.69, 9.17) is 16.3 Å². The molecule has 1 atom stereocenters. The largest absolute Gasteiger partial charge is 0.488 e. The monoisotopic (exact) mass is 345 g/mol. The van der Waals surface area contributed by atoms with Gasteiger partial charge in [-0.15, -0.1) is 0 Å². The zero-order chi connectivity index (χ0) is 13.8. The van der Waals surface area contributed by atoms with E-state index in [1.807, 2.05) is 0 Å². The number of nitrogens with one attached hydrogen (secondary N) is 1. The molecule has 0 saturated carbocycles. The third-order valence-corrected chi connectivity index (χ3v) is 2.83. The van der Waals surface area contributed by atoms with Gasteiger partial charge in [-0.2, -0.15) is 13.2 Å². The van der Waals surface area contributed by atoms with Gasteiger partial charge >= 0.3 is 6.18 Å². The Morgan fingerprint density at radius 3 is 2.67 bits per heavy atom. The highest BCUT2D eigenvalue weighted by molar-refractivity contribution is 9.10. The summed E-state index contributed by atoms with van der Waals surface area (Å²) in [7, 11) is 0. The Morgan fingerprint density at radius 1 is 1.44 bits per heavy atom. The number of hydrogen-bond donors (Lipinski definition) is 1. The van der Waals surface area contributed by atoms with E-state index in [0.29, 0.717) is 15.2 Å². The lowest BCUT2D eigenvalue weighted by Gasteiger charge is -2.17. The van der Waals surface area contributed by atoms with Crippen LogP contribution in [0.25, 0.3) is 0 Å². The molecule has 0 heterocycles. The average molecular weight is 347 g/mol. The highest BCUT2D eigenvalue weighted by atomic mass is 79.9. The van der Waals surface area contributed by atoms with Gasteiger partial charge in [0, 0.05) is 11.6 Å². The molecule has 18 heavy (non-hydrogen) atoms. The topological polar surface area (TPSA) is 21.3 Å². The van der Waals surface area contributed by atoms with Crippen LogP contribution in [-0.4, -0.2) is 25.4 Å². The molecule has 0 aliphatic heterocycles. The van der Waals surface area contributed by atoms with Crippen molar-refractivity contribution in [2.45, 2.75) is 19.2 Å². The minimum Gasteiger partial charge on any atom is -0.488 e. The third kappa shape index (κ3) is 5.93. The van der Waals surface area contributed by atoms with E-state index < -0.39 is 12.7 Å². The Bertz CT molecular complexity index is 400. The predicted octanol–water partition coefficient (Wildman–Crippen LogP) is 4.02. The zero-order valence-corrected chi connectivity index (χ0v) is 11.9. The number of rotatable bonds is 5. The maximum absolute atomic E-state index is 11.9. The van der Waals surface area contributed by atoms with E-state index in [1.165, 1.54) is 0 Å². The van der Waals surface area contributed by atoms with Crippen LogP contribution in [0.5, 0.6) is 5.75 Å². The van der Waals surface area contributed by atoms with E-state index in [0.717, 1.165) is 0 Å². The smallest absolute Gasteiger partial charge is 0.401 e. The maximum Gasteiger partial charge on any atom is 0.401 e. The van der Waals surface area contributed by atoms with Crippen LogP contribution < -0.4 is 10.1 Å². The number of benzene rings is 1. The Morgan fingerprint density at radius 2 is 2.11 bits per heavy atom. The molecular formula is C11H12BrClF3NO. The number of ether oxygens (including phenoxy) is 1. The standard InChI is InChI=1S/C11H12BrClF3NO/c1-7(5-17-6-11(14,15)16)18-10-3-2-8(13)4-9(10)12/h2-4,7,17H,5-6H2,1H3. The van der Waals surface area contributed by atoms with Crippen molar-refractivity contribution in [1.29, 1.82) is 0 Å². The van der Waals surface area contributed by atoms with Crippen molar-refractivity contribution in [3.8, 4) is 5.75 Å². The Labute approximate surface area is 117 Å². The number of halogens is 5. The Hall–Kier alpha value is -0.460. The molecule has 1 aromatic rings. The average Bonchev–Trinajstić information content (AvgIpc) is 2.20. The van der Waals surface area contributed by atoms with E-state index >= 15 is 0 Å². The lowest BCUT2D eigenvalue weighted by Crippen LogP contribution is -2.35. The molecule has 0 saturated heterocycles. The van der Waals surface area contributed by atoms with Crippen molar-refractivity contribution in [1.82, 2.24) is 5.32 Å². The van der Waals surface area contributed by atoms with Crippen LogP contribution in [0.15, 0.2) is 22.7 Å². The van der Waals surface area contributed by atoms with Gasteiger partial charge in [-0.3, -0.25) is 0 Å². The summed E-state index contributed by atoms with van der Waals surface area (Å²) < 4.78 is 41.9. The second-order valence-electron chi connectivity index (χ2n) is 3.75. The van der Waals surface area contributed by atoms with Gasteiger partial charge in [0.1, 0.15) is 11.9 Å². The van der Waals surface area contributed by atoms with Gasteiger partial charge in [-0.25, -0.2) is 0 Å². The molecule has 0 aromatic heterocycles. The molecule has 7 heteroatoms. The molecular weight excluding hydrogens is 334 g/mol. The van der Waals surface area contributed by atoms with Crippen molar-refractivity contribution in [3.63, 3.8) is 0 Å². The van der Waals surface area contributed by atoms with Crippen molar-refractivity contribution in [2.75, 3.05) is 13.1 Å². The van der Waals surface area contributed by atoms with Crippen LogP contribution in [0.1, 0.15) is 6.92 Å².